The summed E-state index contributed by atoms with van der Waals surface area (Å²) in [5, 5.41) is 11.9. The monoisotopic (exact) mass is 315 g/mol. The Kier molecular flexibility index (Phi) is 4.17. The molecule has 2 amide bonds. The number of aliphatic hydroxyl groups is 1. The third kappa shape index (κ3) is 2.63. The molecular formula is C17H21N3O3. The second-order valence-corrected chi connectivity index (χ2v) is 6.06. The molecule has 0 radical (unpaired) electrons. The highest BCUT2D eigenvalue weighted by atomic mass is 16.3. The van der Waals surface area contributed by atoms with Gasteiger partial charge in [0.1, 0.15) is 6.04 Å². The van der Waals surface area contributed by atoms with Crippen LogP contribution < -0.4 is 5.32 Å². The third-order valence-corrected chi connectivity index (χ3v) is 4.44. The van der Waals surface area contributed by atoms with Gasteiger partial charge in [0.2, 0.25) is 5.91 Å². The fourth-order valence-corrected chi connectivity index (χ4v) is 3.25. The molecular weight excluding hydrogens is 294 g/mol. The maximum atomic E-state index is 12.8. The maximum Gasteiger partial charge on any atom is 0.255 e. The topological polar surface area (TPSA) is 82.5 Å². The average Bonchev–Trinajstić information content (AvgIpc) is 2.98. The van der Waals surface area contributed by atoms with E-state index in [-0.39, 0.29) is 24.5 Å². The van der Waals surface area contributed by atoms with Crippen LogP contribution in [0.2, 0.25) is 0 Å². The molecule has 2 aliphatic rings. The Morgan fingerprint density at radius 2 is 2.30 bits per heavy atom. The van der Waals surface area contributed by atoms with Crippen LogP contribution in [0.5, 0.6) is 0 Å². The van der Waals surface area contributed by atoms with Gasteiger partial charge in [-0.3, -0.25) is 14.6 Å². The van der Waals surface area contributed by atoms with Crippen LogP contribution in [0.25, 0.3) is 5.57 Å². The zero-order valence-electron chi connectivity index (χ0n) is 13.4. The van der Waals surface area contributed by atoms with Crippen LogP contribution in [0.3, 0.4) is 0 Å². The summed E-state index contributed by atoms with van der Waals surface area (Å²) in [4.78, 5) is 31.2. The van der Waals surface area contributed by atoms with Gasteiger partial charge in [-0.15, -0.1) is 0 Å². The molecule has 6 heteroatoms. The van der Waals surface area contributed by atoms with Gasteiger partial charge in [-0.2, -0.15) is 0 Å². The number of hydrogen-bond donors (Lipinski definition) is 2. The van der Waals surface area contributed by atoms with E-state index < -0.39 is 6.04 Å². The molecule has 1 unspecified atom stereocenters. The van der Waals surface area contributed by atoms with E-state index in [4.69, 9.17) is 5.11 Å². The van der Waals surface area contributed by atoms with E-state index in [9.17, 15) is 9.59 Å². The molecule has 6 nitrogen and oxygen atoms in total. The lowest BCUT2D eigenvalue weighted by atomic mass is 9.95. The normalized spacial score (nSPS) is 18.3. The number of amides is 2. The lowest BCUT2D eigenvalue weighted by molar-refractivity contribution is -0.138. The molecule has 0 saturated carbocycles. The van der Waals surface area contributed by atoms with Crippen molar-refractivity contribution in [3.8, 4) is 0 Å². The van der Waals surface area contributed by atoms with Gasteiger partial charge in [-0.05, 0) is 25.0 Å². The maximum absolute atomic E-state index is 12.8. The van der Waals surface area contributed by atoms with E-state index in [1.165, 1.54) is 0 Å². The molecule has 23 heavy (non-hydrogen) atoms. The summed E-state index contributed by atoms with van der Waals surface area (Å²) < 4.78 is 0. The van der Waals surface area contributed by atoms with Gasteiger partial charge >= 0.3 is 0 Å². The summed E-state index contributed by atoms with van der Waals surface area (Å²) in [6.07, 6.45) is 4.85. The summed E-state index contributed by atoms with van der Waals surface area (Å²) in [7, 11) is 0. The van der Waals surface area contributed by atoms with Crippen LogP contribution in [-0.4, -0.2) is 45.5 Å². The van der Waals surface area contributed by atoms with Crippen LogP contribution in [0.4, 0.5) is 0 Å². The zero-order chi connectivity index (χ0) is 16.6. The Hall–Kier alpha value is -2.21. The molecule has 0 bridgehead atoms. The first kappa shape index (κ1) is 15.7. The van der Waals surface area contributed by atoms with Crippen molar-refractivity contribution in [3.63, 3.8) is 0 Å². The van der Waals surface area contributed by atoms with Crippen molar-refractivity contribution >= 4 is 17.4 Å². The fourth-order valence-electron chi connectivity index (χ4n) is 3.25. The summed E-state index contributed by atoms with van der Waals surface area (Å²) in [6, 6.07) is 1.05. The smallest absolute Gasteiger partial charge is 0.255 e. The second-order valence-electron chi connectivity index (χ2n) is 6.06. The Bertz CT molecular complexity index is 684. The Morgan fingerprint density at radius 3 is 3.00 bits per heavy atom. The number of carbonyl (C=O) groups excluding carboxylic acids is 2. The molecule has 0 saturated heterocycles. The predicted molar refractivity (Wildman–Crippen MR) is 85.2 cm³/mol. The number of allylic oxidation sites excluding steroid dienone is 1. The van der Waals surface area contributed by atoms with E-state index in [1.807, 2.05) is 19.1 Å². The van der Waals surface area contributed by atoms with Crippen molar-refractivity contribution in [2.24, 2.45) is 0 Å². The fraction of sp³-hybridized carbons (Fsp3) is 0.471. The van der Waals surface area contributed by atoms with Crippen molar-refractivity contribution in [2.75, 3.05) is 6.61 Å². The van der Waals surface area contributed by atoms with Crippen LogP contribution in [0, 0.1) is 0 Å². The van der Waals surface area contributed by atoms with Crippen molar-refractivity contribution in [1.29, 1.82) is 0 Å². The first-order valence-electron chi connectivity index (χ1n) is 7.96. The Labute approximate surface area is 135 Å². The quantitative estimate of drug-likeness (QED) is 0.835. The highest BCUT2D eigenvalue weighted by Crippen LogP contribution is 2.36. The lowest BCUT2D eigenvalue weighted by Gasteiger charge is -2.35. The Balaban J connectivity index is 1.89. The summed E-state index contributed by atoms with van der Waals surface area (Å²) in [5.41, 5.74) is 3.60. The molecule has 3 rings (SSSR count). The minimum atomic E-state index is -0.539. The van der Waals surface area contributed by atoms with Gasteiger partial charge in [-0.25, -0.2) is 0 Å². The number of pyridine rings is 1. The molecule has 2 heterocycles. The first-order valence-corrected chi connectivity index (χ1v) is 7.96. The molecule has 2 atom stereocenters. The van der Waals surface area contributed by atoms with Gasteiger partial charge in [0, 0.05) is 36.3 Å². The van der Waals surface area contributed by atoms with Gasteiger partial charge in [0.25, 0.3) is 5.91 Å². The van der Waals surface area contributed by atoms with Crippen molar-refractivity contribution in [1.82, 2.24) is 15.2 Å². The van der Waals surface area contributed by atoms with Crippen LogP contribution in [-0.2, 0) is 22.6 Å². The highest BCUT2D eigenvalue weighted by molar-refractivity contribution is 6.22. The van der Waals surface area contributed by atoms with Gasteiger partial charge in [-0.1, -0.05) is 13.0 Å². The SMILES string of the molecule is CC[C@H](C(=O)NC(C)CO)N1Cc2ccnc3c2C(=CC3)C1=O. The second kappa shape index (κ2) is 6.12. The number of aliphatic hydroxyl groups excluding tert-OH is 1. The van der Waals surface area contributed by atoms with Gasteiger partial charge in [0.15, 0.2) is 0 Å². The van der Waals surface area contributed by atoms with Crippen molar-refractivity contribution in [3.05, 3.63) is 35.2 Å². The zero-order valence-corrected chi connectivity index (χ0v) is 13.4. The van der Waals surface area contributed by atoms with E-state index in [1.54, 1.807) is 18.0 Å². The predicted octanol–water partition coefficient (Wildman–Crippen LogP) is 0.639. The lowest BCUT2D eigenvalue weighted by Crippen LogP contribution is -2.52. The summed E-state index contributed by atoms with van der Waals surface area (Å²) in [6.45, 7) is 3.91. The molecule has 1 aliphatic carbocycles. The van der Waals surface area contributed by atoms with E-state index in [0.717, 1.165) is 16.8 Å². The standard InChI is InChI=1S/C17H21N3O3/c1-3-14(16(22)19-10(2)9-21)20-8-11-6-7-18-13-5-4-12(15(11)13)17(20)23/h4,6-7,10,14,21H,3,5,8-9H2,1-2H3,(H,19,22)/t10?,14-/m1/s1. The molecule has 0 spiro atoms. The molecule has 1 aliphatic heterocycles. The molecule has 0 fully saturated rings. The third-order valence-electron chi connectivity index (χ3n) is 4.44. The van der Waals surface area contributed by atoms with Crippen LogP contribution in [0.1, 0.15) is 37.1 Å². The first-order chi connectivity index (χ1) is 11.1. The molecule has 122 valence electrons. The number of rotatable bonds is 5. The molecule has 1 aromatic heterocycles. The summed E-state index contributed by atoms with van der Waals surface area (Å²) in [5.74, 6) is -0.332. The minimum Gasteiger partial charge on any atom is -0.394 e. The largest absolute Gasteiger partial charge is 0.394 e. The Morgan fingerprint density at radius 1 is 1.52 bits per heavy atom. The van der Waals surface area contributed by atoms with Crippen molar-refractivity contribution < 1.29 is 14.7 Å². The number of aromatic nitrogens is 1. The number of hydrogen-bond acceptors (Lipinski definition) is 4. The molecule has 2 N–H and O–H groups in total. The minimum absolute atomic E-state index is 0.108. The number of carbonyl (C=O) groups is 2. The average molecular weight is 315 g/mol. The van der Waals surface area contributed by atoms with E-state index in [0.29, 0.717) is 25.0 Å². The summed E-state index contributed by atoms with van der Waals surface area (Å²) >= 11 is 0. The van der Waals surface area contributed by atoms with Crippen LogP contribution >= 0.6 is 0 Å². The van der Waals surface area contributed by atoms with E-state index >= 15 is 0 Å². The van der Waals surface area contributed by atoms with E-state index in [2.05, 4.69) is 10.3 Å². The molecule has 0 aromatic carbocycles. The highest BCUT2D eigenvalue weighted by Gasteiger charge is 2.38. The van der Waals surface area contributed by atoms with Crippen molar-refractivity contribution in [2.45, 2.75) is 45.3 Å². The number of nitrogens with zero attached hydrogens (tertiary/aromatic N) is 2. The van der Waals surface area contributed by atoms with Crippen LogP contribution in [0.15, 0.2) is 18.3 Å². The van der Waals surface area contributed by atoms with Gasteiger partial charge < -0.3 is 15.3 Å². The number of nitrogens with one attached hydrogen (secondary N) is 1. The molecule has 1 aromatic rings. The van der Waals surface area contributed by atoms with Gasteiger partial charge in [0.05, 0.1) is 12.3 Å².